The molecule has 0 spiro atoms. The largest absolute Gasteiger partial charge is 0.351 e. The van der Waals surface area contributed by atoms with Crippen LogP contribution in [0, 0.1) is 6.92 Å². The van der Waals surface area contributed by atoms with Crippen LogP contribution in [0.5, 0.6) is 0 Å². The third kappa shape index (κ3) is 4.39. The van der Waals surface area contributed by atoms with Gasteiger partial charge in [-0.1, -0.05) is 18.2 Å². The third-order valence-corrected chi connectivity index (χ3v) is 5.16. The molecule has 140 valence electrons. The first kappa shape index (κ1) is 18.7. The molecule has 2 amide bonds. The van der Waals surface area contributed by atoms with Gasteiger partial charge >= 0.3 is 0 Å². The van der Waals surface area contributed by atoms with E-state index in [2.05, 4.69) is 20.6 Å². The number of amides is 2. The number of thiophene rings is 1. The molecular formula is C18H19N5O3S. The van der Waals surface area contributed by atoms with Crippen molar-refractivity contribution in [1.29, 1.82) is 0 Å². The maximum Gasteiger partial charge on any atom is 0.261 e. The molecular weight excluding hydrogens is 366 g/mol. The zero-order valence-corrected chi connectivity index (χ0v) is 15.5. The molecule has 2 aromatic heterocycles. The summed E-state index contributed by atoms with van der Waals surface area (Å²) in [6.07, 6.45) is 2.04. The lowest BCUT2D eigenvalue weighted by atomic mass is 10.2. The first-order valence-electron chi connectivity index (χ1n) is 8.37. The highest BCUT2D eigenvalue weighted by molar-refractivity contribution is 7.20. The van der Waals surface area contributed by atoms with Gasteiger partial charge in [0.1, 0.15) is 17.0 Å². The molecule has 1 aromatic carbocycles. The number of aryl methyl sites for hydroxylation is 1. The van der Waals surface area contributed by atoms with E-state index in [1.54, 1.807) is 5.48 Å². The SMILES string of the molecule is Cc1c(C(=O)NCCCC(=O)NO)sc2ncnc(Nc3ccccc3)c12. The second-order valence-electron chi connectivity index (χ2n) is 5.84. The summed E-state index contributed by atoms with van der Waals surface area (Å²) >= 11 is 1.30. The number of benzene rings is 1. The highest BCUT2D eigenvalue weighted by atomic mass is 32.1. The first-order valence-corrected chi connectivity index (χ1v) is 9.19. The van der Waals surface area contributed by atoms with Crippen molar-refractivity contribution < 1.29 is 14.8 Å². The standard InChI is InChI=1S/C18H19N5O3S/c1-11-14-16(22-12-6-3-2-4-7-12)20-10-21-18(14)27-15(11)17(25)19-9-5-8-13(24)23-26/h2-4,6-7,10,26H,5,8-9H2,1H3,(H,19,25)(H,23,24)(H,20,21,22). The van der Waals surface area contributed by atoms with Crippen LogP contribution in [0.2, 0.25) is 0 Å². The number of fused-ring (bicyclic) bond motifs is 1. The molecule has 3 aromatic rings. The van der Waals surface area contributed by atoms with Crippen molar-refractivity contribution in [3.05, 3.63) is 47.1 Å². The number of hydrogen-bond acceptors (Lipinski definition) is 7. The first-order chi connectivity index (χ1) is 13.1. The normalized spacial score (nSPS) is 10.6. The highest BCUT2D eigenvalue weighted by Crippen LogP contribution is 2.34. The molecule has 0 atom stereocenters. The minimum Gasteiger partial charge on any atom is -0.351 e. The Hall–Kier alpha value is -3.04. The second-order valence-corrected chi connectivity index (χ2v) is 6.84. The van der Waals surface area contributed by atoms with Gasteiger partial charge in [-0.15, -0.1) is 11.3 Å². The Labute approximate surface area is 159 Å². The van der Waals surface area contributed by atoms with E-state index in [-0.39, 0.29) is 12.3 Å². The summed E-state index contributed by atoms with van der Waals surface area (Å²) in [6, 6.07) is 9.66. The van der Waals surface area contributed by atoms with E-state index in [9.17, 15) is 9.59 Å². The summed E-state index contributed by atoms with van der Waals surface area (Å²) in [5.74, 6) is -0.0432. The molecule has 0 aliphatic rings. The zero-order chi connectivity index (χ0) is 19.2. The topological polar surface area (TPSA) is 116 Å². The van der Waals surface area contributed by atoms with E-state index in [1.165, 1.54) is 17.7 Å². The summed E-state index contributed by atoms with van der Waals surface area (Å²) in [6.45, 7) is 2.20. The number of carbonyl (C=O) groups is 2. The van der Waals surface area contributed by atoms with Crippen LogP contribution >= 0.6 is 11.3 Å². The Bertz CT molecular complexity index is 958. The number of rotatable bonds is 7. The van der Waals surface area contributed by atoms with Gasteiger partial charge in [0, 0.05) is 18.7 Å². The van der Waals surface area contributed by atoms with E-state index in [0.717, 1.165) is 21.5 Å². The number of para-hydroxylation sites is 1. The summed E-state index contributed by atoms with van der Waals surface area (Å²) in [4.78, 5) is 33.4. The molecule has 0 aliphatic carbocycles. The molecule has 2 heterocycles. The van der Waals surface area contributed by atoms with Gasteiger partial charge in [-0.3, -0.25) is 14.8 Å². The fourth-order valence-electron chi connectivity index (χ4n) is 2.63. The smallest absolute Gasteiger partial charge is 0.261 e. The van der Waals surface area contributed by atoms with Crippen LogP contribution in [-0.2, 0) is 4.79 Å². The minimum atomic E-state index is -0.478. The van der Waals surface area contributed by atoms with Crippen LogP contribution in [0.4, 0.5) is 11.5 Å². The van der Waals surface area contributed by atoms with E-state index in [1.807, 2.05) is 37.3 Å². The molecule has 0 saturated heterocycles. The predicted octanol–water partition coefficient (Wildman–Crippen LogP) is 2.76. The number of nitrogens with one attached hydrogen (secondary N) is 3. The van der Waals surface area contributed by atoms with Gasteiger partial charge in [0.2, 0.25) is 5.91 Å². The number of aromatic nitrogens is 2. The van der Waals surface area contributed by atoms with E-state index < -0.39 is 5.91 Å². The Morgan fingerprint density at radius 3 is 2.70 bits per heavy atom. The molecule has 8 nitrogen and oxygen atoms in total. The van der Waals surface area contributed by atoms with Crippen molar-refractivity contribution in [2.45, 2.75) is 19.8 Å². The van der Waals surface area contributed by atoms with Crippen molar-refractivity contribution in [2.24, 2.45) is 0 Å². The molecule has 0 bridgehead atoms. The molecule has 0 radical (unpaired) electrons. The van der Waals surface area contributed by atoms with E-state index in [0.29, 0.717) is 23.7 Å². The second kappa shape index (κ2) is 8.56. The van der Waals surface area contributed by atoms with E-state index >= 15 is 0 Å². The van der Waals surface area contributed by atoms with Crippen molar-refractivity contribution in [2.75, 3.05) is 11.9 Å². The van der Waals surface area contributed by atoms with Gasteiger partial charge in [-0.25, -0.2) is 15.4 Å². The molecule has 3 rings (SSSR count). The van der Waals surface area contributed by atoms with Gasteiger partial charge in [-0.2, -0.15) is 0 Å². The number of nitrogens with zero attached hydrogens (tertiary/aromatic N) is 2. The Kier molecular flexibility index (Phi) is 5.94. The van der Waals surface area contributed by atoms with Crippen molar-refractivity contribution >= 4 is 44.9 Å². The lowest BCUT2D eigenvalue weighted by Crippen LogP contribution is -2.26. The molecule has 27 heavy (non-hydrogen) atoms. The van der Waals surface area contributed by atoms with Crippen LogP contribution in [0.1, 0.15) is 28.1 Å². The van der Waals surface area contributed by atoms with Gasteiger partial charge in [0.05, 0.1) is 10.3 Å². The number of anilines is 2. The lowest BCUT2D eigenvalue weighted by molar-refractivity contribution is -0.129. The van der Waals surface area contributed by atoms with Gasteiger partial charge in [0.25, 0.3) is 5.91 Å². The molecule has 4 N–H and O–H groups in total. The van der Waals surface area contributed by atoms with Crippen LogP contribution < -0.4 is 16.1 Å². The quantitative estimate of drug-likeness (QED) is 0.282. The number of hydrogen-bond donors (Lipinski definition) is 4. The van der Waals surface area contributed by atoms with Crippen molar-refractivity contribution in [1.82, 2.24) is 20.8 Å². The summed E-state index contributed by atoms with van der Waals surface area (Å²) < 4.78 is 0. The number of carbonyl (C=O) groups excluding carboxylic acids is 2. The maximum absolute atomic E-state index is 12.5. The Balaban J connectivity index is 1.77. The molecule has 0 saturated carbocycles. The zero-order valence-electron chi connectivity index (χ0n) is 14.7. The average Bonchev–Trinajstić information content (AvgIpc) is 3.03. The summed E-state index contributed by atoms with van der Waals surface area (Å²) in [5, 5.41) is 15.3. The summed E-state index contributed by atoms with van der Waals surface area (Å²) in [5.41, 5.74) is 3.27. The molecule has 0 unspecified atom stereocenters. The third-order valence-electron chi connectivity index (χ3n) is 3.96. The van der Waals surface area contributed by atoms with Gasteiger partial charge < -0.3 is 10.6 Å². The van der Waals surface area contributed by atoms with E-state index in [4.69, 9.17) is 5.21 Å². The fraction of sp³-hybridized carbons (Fsp3) is 0.222. The molecule has 9 heteroatoms. The predicted molar refractivity (Wildman–Crippen MR) is 103 cm³/mol. The number of hydroxylamine groups is 1. The van der Waals surface area contributed by atoms with Crippen molar-refractivity contribution in [3.63, 3.8) is 0 Å². The fourth-order valence-corrected chi connectivity index (χ4v) is 3.69. The Morgan fingerprint density at radius 1 is 1.19 bits per heavy atom. The lowest BCUT2D eigenvalue weighted by Gasteiger charge is -2.07. The van der Waals surface area contributed by atoms with Crippen LogP contribution in [0.15, 0.2) is 36.7 Å². The Morgan fingerprint density at radius 2 is 1.96 bits per heavy atom. The maximum atomic E-state index is 12.5. The highest BCUT2D eigenvalue weighted by Gasteiger charge is 2.19. The molecule has 0 aliphatic heterocycles. The summed E-state index contributed by atoms with van der Waals surface area (Å²) in [7, 11) is 0. The monoisotopic (exact) mass is 385 g/mol. The van der Waals surface area contributed by atoms with Gasteiger partial charge in [-0.05, 0) is 31.0 Å². The average molecular weight is 385 g/mol. The van der Waals surface area contributed by atoms with Gasteiger partial charge in [0.15, 0.2) is 0 Å². The molecule has 0 fully saturated rings. The van der Waals surface area contributed by atoms with Crippen molar-refractivity contribution in [3.8, 4) is 0 Å². The minimum absolute atomic E-state index is 0.138. The van der Waals surface area contributed by atoms with Crippen LogP contribution in [-0.4, -0.2) is 33.5 Å². The van der Waals surface area contributed by atoms with Crippen LogP contribution in [0.3, 0.4) is 0 Å². The van der Waals surface area contributed by atoms with Crippen LogP contribution in [0.25, 0.3) is 10.2 Å².